The molecule has 2 nitrogen and oxygen atoms in total. The second kappa shape index (κ2) is 7.95. The SMILES string of the molecule is C/C=C\C(F)=C(/CP)N(C)CCNC. The van der Waals surface area contributed by atoms with Crippen LogP contribution >= 0.6 is 9.24 Å². The first-order valence-corrected chi connectivity index (χ1v) is 5.56. The molecule has 0 heterocycles. The summed E-state index contributed by atoms with van der Waals surface area (Å²) in [6.07, 6.45) is 3.84. The lowest BCUT2D eigenvalue weighted by molar-refractivity contribution is 0.401. The van der Waals surface area contributed by atoms with E-state index >= 15 is 0 Å². The molecule has 82 valence electrons. The molecule has 0 radical (unpaired) electrons. The van der Waals surface area contributed by atoms with Crippen LogP contribution in [-0.2, 0) is 0 Å². The average molecular weight is 218 g/mol. The molecular weight excluding hydrogens is 198 g/mol. The van der Waals surface area contributed by atoms with Gasteiger partial charge in [-0.1, -0.05) is 6.08 Å². The van der Waals surface area contributed by atoms with Crippen molar-refractivity contribution in [2.75, 3.05) is 33.3 Å². The normalized spacial score (nSPS) is 13.2. The number of hydrogen-bond donors (Lipinski definition) is 1. The molecule has 1 atom stereocenters. The Hall–Kier alpha value is -0.400. The summed E-state index contributed by atoms with van der Waals surface area (Å²) in [5.41, 5.74) is 0.725. The molecule has 0 amide bonds. The van der Waals surface area contributed by atoms with E-state index in [2.05, 4.69) is 14.6 Å². The van der Waals surface area contributed by atoms with Gasteiger partial charge in [0.05, 0.1) is 5.70 Å². The van der Waals surface area contributed by atoms with E-state index in [4.69, 9.17) is 0 Å². The largest absolute Gasteiger partial charge is 0.374 e. The summed E-state index contributed by atoms with van der Waals surface area (Å²) in [7, 11) is 6.34. The van der Waals surface area contributed by atoms with E-state index in [0.717, 1.165) is 18.8 Å². The quantitative estimate of drug-likeness (QED) is 0.540. The van der Waals surface area contributed by atoms with Crippen molar-refractivity contribution in [3.63, 3.8) is 0 Å². The maximum Gasteiger partial charge on any atom is 0.142 e. The Bertz CT molecular complexity index is 214. The van der Waals surface area contributed by atoms with Gasteiger partial charge in [-0.05, 0) is 20.0 Å². The van der Waals surface area contributed by atoms with Crippen molar-refractivity contribution in [2.24, 2.45) is 0 Å². The van der Waals surface area contributed by atoms with Gasteiger partial charge < -0.3 is 10.2 Å². The number of allylic oxidation sites excluding steroid dienone is 4. The summed E-state index contributed by atoms with van der Waals surface area (Å²) >= 11 is 0. The zero-order valence-corrected chi connectivity index (χ0v) is 10.3. The summed E-state index contributed by atoms with van der Waals surface area (Å²) in [6, 6.07) is 0. The van der Waals surface area contributed by atoms with Crippen LogP contribution in [0.15, 0.2) is 23.7 Å². The molecule has 4 heteroatoms. The first-order valence-electron chi connectivity index (χ1n) is 4.74. The third kappa shape index (κ3) is 4.73. The van der Waals surface area contributed by atoms with E-state index in [0.29, 0.717) is 6.16 Å². The number of likely N-dealkylation sites (N-methyl/N-ethyl adjacent to an activating group) is 2. The molecule has 14 heavy (non-hydrogen) atoms. The number of nitrogens with one attached hydrogen (secondary N) is 1. The Balaban J connectivity index is 4.45. The fraction of sp³-hybridized carbons (Fsp3) is 0.600. The Morgan fingerprint density at radius 3 is 2.64 bits per heavy atom. The lowest BCUT2D eigenvalue weighted by Gasteiger charge is -2.21. The molecular formula is C10H20FN2P. The molecule has 0 aromatic rings. The predicted molar refractivity (Wildman–Crippen MR) is 64.1 cm³/mol. The van der Waals surface area contributed by atoms with Gasteiger partial charge in [0, 0.05) is 26.3 Å². The van der Waals surface area contributed by atoms with Crippen molar-refractivity contribution < 1.29 is 4.39 Å². The average Bonchev–Trinajstić information content (AvgIpc) is 2.16. The van der Waals surface area contributed by atoms with Crippen LogP contribution in [0.1, 0.15) is 6.92 Å². The first kappa shape index (κ1) is 13.6. The number of rotatable bonds is 6. The number of nitrogens with zero attached hydrogens (tertiary/aromatic N) is 1. The zero-order chi connectivity index (χ0) is 11.0. The van der Waals surface area contributed by atoms with Crippen molar-refractivity contribution in [3.8, 4) is 0 Å². The monoisotopic (exact) mass is 218 g/mol. The molecule has 0 aliphatic rings. The van der Waals surface area contributed by atoms with Crippen LogP contribution in [0.5, 0.6) is 0 Å². The third-order valence-electron chi connectivity index (χ3n) is 1.94. The van der Waals surface area contributed by atoms with Crippen molar-refractivity contribution in [2.45, 2.75) is 6.92 Å². The van der Waals surface area contributed by atoms with Gasteiger partial charge in [0.15, 0.2) is 0 Å². The zero-order valence-electron chi connectivity index (χ0n) is 9.18. The van der Waals surface area contributed by atoms with Crippen LogP contribution in [-0.4, -0.2) is 38.2 Å². The van der Waals surface area contributed by atoms with Crippen molar-refractivity contribution >= 4 is 9.24 Å². The summed E-state index contributed by atoms with van der Waals surface area (Å²) in [5, 5.41) is 3.04. The molecule has 0 aliphatic heterocycles. The third-order valence-corrected chi connectivity index (χ3v) is 2.33. The van der Waals surface area contributed by atoms with Crippen LogP contribution < -0.4 is 5.32 Å². The highest BCUT2D eigenvalue weighted by Gasteiger charge is 2.06. The number of hydrogen-bond acceptors (Lipinski definition) is 2. The van der Waals surface area contributed by atoms with Crippen molar-refractivity contribution in [3.05, 3.63) is 23.7 Å². The lowest BCUT2D eigenvalue weighted by Crippen LogP contribution is -2.28. The molecule has 1 N–H and O–H groups in total. The minimum absolute atomic E-state index is 0.152. The van der Waals surface area contributed by atoms with E-state index in [1.807, 2.05) is 25.9 Å². The Morgan fingerprint density at radius 2 is 2.21 bits per heavy atom. The van der Waals surface area contributed by atoms with E-state index in [-0.39, 0.29) is 5.83 Å². The highest BCUT2D eigenvalue weighted by atomic mass is 31.0. The van der Waals surface area contributed by atoms with Gasteiger partial charge in [0.25, 0.3) is 0 Å². The molecule has 1 unspecified atom stereocenters. The first-order chi connectivity index (χ1) is 6.67. The van der Waals surface area contributed by atoms with Gasteiger partial charge >= 0.3 is 0 Å². The van der Waals surface area contributed by atoms with Crippen LogP contribution in [0.3, 0.4) is 0 Å². The summed E-state index contributed by atoms with van der Waals surface area (Å²) in [5.74, 6) is -0.152. The maximum atomic E-state index is 13.5. The fourth-order valence-electron chi connectivity index (χ4n) is 1.09. The molecule has 0 saturated carbocycles. The standard InChI is InChI=1S/C10H20FN2P/c1-4-5-9(11)10(8-14)13(3)7-6-12-2/h4-5,12H,6-8,14H2,1-3H3/b5-4-,10-9-. The lowest BCUT2D eigenvalue weighted by atomic mass is 10.3. The molecule has 0 saturated heterocycles. The van der Waals surface area contributed by atoms with Gasteiger partial charge in [-0.2, -0.15) is 0 Å². The topological polar surface area (TPSA) is 15.3 Å². The van der Waals surface area contributed by atoms with Gasteiger partial charge in [-0.25, -0.2) is 4.39 Å². The van der Waals surface area contributed by atoms with Gasteiger partial charge in [0.1, 0.15) is 5.83 Å². The highest BCUT2D eigenvalue weighted by Crippen LogP contribution is 2.14. The van der Waals surface area contributed by atoms with Crippen LogP contribution in [0.25, 0.3) is 0 Å². The van der Waals surface area contributed by atoms with Gasteiger partial charge in [-0.3, -0.25) is 0 Å². The van der Waals surface area contributed by atoms with Crippen molar-refractivity contribution in [1.82, 2.24) is 10.2 Å². The molecule has 0 bridgehead atoms. The summed E-state index contributed by atoms with van der Waals surface area (Å²) < 4.78 is 13.5. The molecule has 0 aromatic carbocycles. The second-order valence-electron chi connectivity index (χ2n) is 3.02. The van der Waals surface area contributed by atoms with E-state index in [1.54, 1.807) is 6.08 Å². The molecule has 0 aliphatic carbocycles. The summed E-state index contributed by atoms with van der Waals surface area (Å²) in [6.45, 7) is 3.48. The molecule has 0 fully saturated rings. The van der Waals surface area contributed by atoms with E-state index in [9.17, 15) is 4.39 Å². The van der Waals surface area contributed by atoms with Crippen LogP contribution in [0.2, 0.25) is 0 Å². The fourth-order valence-corrected chi connectivity index (χ4v) is 1.60. The second-order valence-corrected chi connectivity index (χ2v) is 3.43. The Kier molecular flexibility index (Phi) is 7.73. The number of halogens is 1. The highest BCUT2D eigenvalue weighted by molar-refractivity contribution is 7.16. The van der Waals surface area contributed by atoms with E-state index < -0.39 is 0 Å². The smallest absolute Gasteiger partial charge is 0.142 e. The molecule has 0 aromatic heterocycles. The van der Waals surface area contributed by atoms with Crippen LogP contribution in [0, 0.1) is 0 Å². The Labute approximate surface area is 88.4 Å². The molecule has 0 rings (SSSR count). The Morgan fingerprint density at radius 1 is 1.57 bits per heavy atom. The van der Waals surface area contributed by atoms with Crippen molar-refractivity contribution in [1.29, 1.82) is 0 Å². The van der Waals surface area contributed by atoms with Crippen LogP contribution in [0.4, 0.5) is 4.39 Å². The predicted octanol–water partition coefficient (Wildman–Crippen LogP) is 1.77. The van der Waals surface area contributed by atoms with Gasteiger partial charge in [-0.15, -0.1) is 9.24 Å². The minimum atomic E-state index is -0.152. The van der Waals surface area contributed by atoms with E-state index in [1.165, 1.54) is 6.08 Å². The molecule has 0 spiro atoms. The minimum Gasteiger partial charge on any atom is -0.374 e. The maximum absolute atomic E-state index is 13.5. The van der Waals surface area contributed by atoms with Gasteiger partial charge in [0.2, 0.25) is 0 Å². The summed E-state index contributed by atoms with van der Waals surface area (Å²) in [4.78, 5) is 1.93.